The summed E-state index contributed by atoms with van der Waals surface area (Å²) in [5.41, 5.74) is 1.86. The maximum absolute atomic E-state index is 12.1. The minimum atomic E-state index is -0.0547. The number of rotatable bonds is 10. The summed E-state index contributed by atoms with van der Waals surface area (Å²) in [6, 6.07) is 17.6. The molecular weight excluding hydrogens is 354 g/mol. The van der Waals surface area contributed by atoms with Crippen molar-refractivity contribution in [1.29, 1.82) is 0 Å². The topological polar surface area (TPSA) is 65.4 Å². The molecule has 3 rings (SSSR count). The number of hydrogen-bond acceptors (Lipinski definition) is 4. The zero-order chi connectivity index (χ0) is 19.6. The Morgan fingerprint density at radius 1 is 1.04 bits per heavy atom. The Labute approximate surface area is 165 Å². The smallest absolute Gasteiger partial charge is 0.224 e. The second-order valence-corrected chi connectivity index (χ2v) is 6.29. The van der Waals surface area contributed by atoms with Gasteiger partial charge in [-0.2, -0.15) is 5.10 Å². The average Bonchev–Trinajstić information content (AvgIpc) is 3.14. The van der Waals surface area contributed by atoms with Crippen LogP contribution >= 0.6 is 0 Å². The first-order valence-electron chi connectivity index (χ1n) is 9.45. The molecule has 0 spiro atoms. The fourth-order valence-corrected chi connectivity index (χ4v) is 2.77. The summed E-state index contributed by atoms with van der Waals surface area (Å²) in [6.07, 6.45) is 4.49. The Morgan fingerprint density at radius 3 is 2.50 bits per heavy atom. The molecule has 6 heteroatoms. The van der Waals surface area contributed by atoms with Gasteiger partial charge in [-0.1, -0.05) is 42.5 Å². The van der Waals surface area contributed by atoms with Gasteiger partial charge >= 0.3 is 0 Å². The molecule has 6 nitrogen and oxygen atoms in total. The van der Waals surface area contributed by atoms with Crippen molar-refractivity contribution < 1.29 is 14.3 Å². The minimum Gasteiger partial charge on any atom is -0.490 e. The van der Waals surface area contributed by atoms with E-state index in [-0.39, 0.29) is 5.91 Å². The highest BCUT2D eigenvalue weighted by molar-refractivity contribution is 5.90. The number of amides is 1. The van der Waals surface area contributed by atoms with Gasteiger partial charge in [0.2, 0.25) is 5.91 Å². The van der Waals surface area contributed by atoms with E-state index in [0.29, 0.717) is 44.0 Å². The first kappa shape index (κ1) is 19.5. The van der Waals surface area contributed by atoms with Crippen LogP contribution in [0.2, 0.25) is 0 Å². The number of para-hydroxylation sites is 2. The molecule has 0 bridgehead atoms. The molecule has 1 amide bonds. The molecule has 0 saturated carbocycles. The maximum Gasteiger partial charge on any atom is 0.224 e. The molecule has 28 heavy (non-hydrogen) atoms. The van der Waals surface area contributed by atoms with E-state index in [2.05, 4.69) is 10.4 Å². The zero-order valence-electron chi connectivity index (χ0n) is 16.0. The highest BCUT2D eigenvalue weighted by Gasteiger charge is 2.07. The number of benzene rings is 2. The van der Waals surface area contributed by atoms with Crippen molar-refractivity contribution in [3.63, 3.8) is 0 Å². The lowest BCUT2D eigenvalue weighted by molar-refractivity contribution is -0.116. The van der Waals surface area contributed by atoms with Crippen LogP contribution in [0.3, 0.4) is 0 Å². The Morgan fingerprint density at radius 2 is 1.75 bits per heavy atom. The Bertz CT molecular complexity index is 877. The van der Waals surface area contributed by atoms with Crippen molar-refractivity contribution in [2.24, 2.45) is 0 Å². The van der Waals surface area contributed by atoms with Crippen molar-refractivity contribution in [3.05, 3.63) is 72.6 Å². The SMILES string of the molecule is CCOc1ccccc1OCCCC(=O)Nc1cnn(Cc2ccccc2)c1. The molecule has 0 aliphatic carbocycles. The number of hydrogen-bond donors (Lipinski definition) is 1. The molecule has 1 N–H and O–H groups in total. The minimum absolute atomic E-state index is 0.0547. The molecule has 1 heterocycles. The van der Waals surface area contributed by atoms with Gasteiger partial charge in [0.25, 0.3) is 0 Å². The van der Waals surface area contributed by atoms with E-state index in [0.717, 1.165) is 11.3 Å². The van der Waals surface area contributed by atoms with Gasteiger partial charge in [-0.05, 0) is 31.0 Å². The standard InChI is InChI=1S/C22H25N3O3/c1-2-27-20-11-6-7-12-21(20)28-14-8-13-22(26)24-19-15-23-25(17-19)16-18-9-4-3-5-10-18/h3-7,9-12,15,17H,2,8,13-14,16H2,1H3,(H,24,26). The molecular formula is C22H25N3O3. The Hall–Kier alpha value is -3.28. The second kappa shape index (κ2) is 10.2. The van der Waals surface area contributed by atoms with E-state index in [4.69, 9.17) is 9.47 Å². The van der Waals surface area contributed by atoms with E-state index in [1.165, 1.54) is 0 Å². The molecule has 146 valence electrons. The van der Waals surface area contributed by atoms with Gasteiger partial charge in [-0.15, -0.1) is 0 Å². The van der Waals surface area contributed by atoms with Crippen LogP contribution in [0.1, 0.15) is 25.3 Å². The van der Waals surface area contributed by atoms with Gasteiger partial charge < -0.3 is 14.8 Å². The zero-order valence-corrected chi connectivity index (χ0v) is 16.0. The summed E-state index contributed by atoms with van der Waals surface area (Å²) >= 11 is 0. The lowest BCUT2D eigenvalue weighted by Gasteiger charge is -2.11. The van der Waals surface area contributed by atoms with Crippen LogP contribution in [-0.2, 0) is 11.3 Å². The number of carbonyl (C=O) groups is 1. The first-order chi connectivity index (χ1) is 13.7. The number of anilines is 1. The van der Waals surface area contributed by atoms with Crippen LogP contribution in [0.4, 0.5) is 5.69 Å². The summed E-state index contributed by atoms with van der Waals surface area (Å²) in [6.45, 7) is 3.64. The van der Waals surface area contributed by atoms with Gasteiger partial charge in [0, 0.05) is 12.6 Å². The molecule has 0 radical (unpaired) electrons. The number of carbonyl (C=O) groups excluding carboxylic acids is 1. The monoisotopic (exact) mass is 379 g/mol. The molecule has 0 fully saturated rings. The molecule has 3 aromatic rings. The number of nitrogens with one attached hydrogen (secondary N) is 1. The molecule has 0 aliphatic rings. The van der Waals surface area contributed by atoms with Crippen LogP contribution in [0, 0.1) is 0 Å². The average molecular weight is 379 g/mol. The lowest BCUT2D eigenvalue weighted by Crippen LogP contribution is -2.12. The number of nitrogens with zero attached hydrogens (tertiary/aromatic N) is 2. The molecule has 0 atom stereocenters. The van der Waals surface area contributed by atoms with E-state index in [1.54, 1.807) is 10.9 Å². The summed E-state index contributed by atoms with van der Waals surface area (Å²) < 4.78 is 13.1. The maximum atomic E-state index is 12.1. The molecule has 0 aliphatic heterocycles. The fraction of sp³-hybridized carbons (Fsp3) is 0.273. The largest absolute Gasteiger partial charge is 0.490 e. The summed E-state index contributed by atoms with van der Waals surface area (Å²) in [4.78, 5) is 12.1. The summed E-state index contributed by atoms with van der Waals surface area (Å²) in [5, 5.41) is 7.17. The Kier molecular flexibility index (Phi) is 7.07. The number of aromatic nitrogens is 2. The third kappa shape index (κ3) is 5.87. The second-order valence-electron chi connectivity index (χ2n) is 6.29. The predicted molar refractivity (Wildman–Crippen MR) is 109 cm³/mol. The molecule has 0 saturated heterocycles. The van der Waals surface area contributed by atoms with E-state index in [9.17, 15) is 4.79 Å². The van der Waals surface area contributed by atoms with Gasteiger partial charge in [0.15, 0.2) is 11.5 Å². The van der Waals surface area contributed by atoms with Gasteiger partial charge in [0.1, 0.15) is 0 Å². The summed E-state index contributed by atoms with van der Waals surface area (Å²) in [5.74, 6) is 1.37. The van der Waals surface area contributed by atoms with Crippen molar-refractivity contribution in [1.82, 2.24) is 9.78 Å². The fourth-order valence-electron chi connectivity index (χ4n) is 2.77. The van der Waals surface area contributed by atoms with Gasteiger partial charge in [0.05, 0.1) is 31.6 Å². The first-order valence-corrected chi connectivity index (χ1v) is 9.45. The van der Waals surface area contributed by atoms with Crippen molar-refractivity contribution >= 4 is 11.6 Å². The highest BCUT2D eigenvalue weighted by atomic mass is 16.5. The van der Waals surface area contributed by atoms with Gasteiger partial charge in [-0.25, -0.2) is 0 Å². The van der Waals surface area contributed by atoms with Crippen LogP contribution in [0.25, 0.3) is 0 Å². The van der Waals surface area contributed by atoms with Crippen molar-refractivity contribution in [2.45, 2.75) is 26.3 Å². The predicted octanol–water partition coefficient (Wildman–Crippen LogP) is 4.13. The van der Waals surface area contributed by atoms with E-state index >= 15 is 0 Å². The third-order valence-electron chi connectivity index (χ3n) is 4.06. The summed E-state index contributed by atoms with van der Waals surface area (Å²) in [7, 11) is 0. The molecule has 1 aromatic heterocycles. The van der Waals surface area contributed by atoms with Crippen LogP contribution in [0.5, 0.6) is 11.5 Å². The molecule has 2 aromatic carbocycles. The van der Waals surface area contributed by atoms with E-state index in [1.807, 2.05) is 67.7 Å². The quantitative estimate of drug-likeness (QED) is 0.538. The van der Waals surface area contributed by atoms with Crippen molar-refractivity contribution in [3.8, 4) is 11.5 Å². The normalized spacial score (nSPS) is 10.5. The molecule has 0 unspecified atom stereocenters. The Balaban J connectivity index is 1.40. The van der Waals surface area contributed by atoms with Crippen LogP contribution in [-0.4, -0.2) is 28.9 Å². The van der Waals surface area contributed by atoms with E-state index < -0.39 is 0 Å². The lowest BCUT2D eigenvalue weighted by atomic mass is 10.2. The highest BCUT2D eigenvalue weighted by Crippen LogP contribution is 2.26. The third-order valence-corrected chi connectivity index (χ3v) is 4.06. The van der Waals surface area contributed by atoms with Crippen molar-refractivity contribution in [2.75, 3.05) is 18.5 Å². The van der Waals surface area contributed by atoms with Gasteiger partial charge in [-0.3, -0.25) is 9.48 Å². The number of ether oxygens (including phenoxy) is 2. The van der Waals surface area contributed by atoms with Crippen LogP contribution in [0.15, 0.2) is 67.0 Å². The van der Waals surface area contributed by atoms with Crippen LogP contribution < -0.4 is 14.8 Å².